The smallest absolute Gasteiger partial charge is 0.254 e. The van der Waals surface area contributed by atoms with Gasteiger partial charge in [0.2, 0.25) is 0 Å². The highest BCUT2D eigenvalue weighted by Crippen LogP contribution is 2.46. The molecule has 0 radical (unpaired) electrons. The molecular formula is C19H25NOS. The van der Waals surface area contributed by atoms with Crippen LogP contribution >= 0.6 is 11.8 Å². The van der Waals surface area contributed by atoms with Crippen molar-refractivity contribution in [3.8, 4) is 0 Å². The first-order valence-electron chi connectivity index (χ1n) is 8.88. The molecule has 1 aromatic rings. The summed E-state index contributed by atoms with van der Waals surface area (Å²) in [5.41, 5.74) is 0.878. The second-order valence-electron chi connectivity index (χ2n) is 7.00. The molecule has 3 aliphatic rings. The summed E-state index contributed by atoms with van der Waals surface area (Å²) in [6, 6.07) is 10.9. The number of carbonyl (C=O) groups excluding carboxylic acids is 1. The number of amides is 1. The van der Waals surface area contributed by atoms with Crippen molar-refractivity contribution in [2.45, 2.75) is 74.0 Å². The van der Waals surface area contributed by atoms with E-state index >= 15 is 0 Å². The zero-order valence-electron chi connectivity index (χ0n) is 13.1. The Morgan fingerprint density at radius 1 is 0.864 bits per heavy atom. The molecule has 0 spiro atoms. The van der Waals surface area contributed by atoms with Gasteiger partial charge in [-0.3, -0.25) is 4.79 Å². The highest BCUT2D eigenvalue weighted by molar-refractivity contribution is 8.00. The van der Waals surface area contributed by atoms with E-state index < -0.39 is 0 Å². The van der Waals surface area contributed by atoms with Gasteiger partial charge >= 0.3 is 0 Å². The fourth-order valence-corrected chi connectivity index (χ4v) is 6.56. The molecule has 118 valence electrons. The minimum absolute atomic E-state index is 0.287. The second kappa shape index (κ2) is 6.27. The summed E-state index contributed by atoms with van der Waals surface area (Å²) in [5.74, 6) is 0.287. The van der Waals surface area contributed by atoms with Gasteiger partial charge in [-0.1, -0.05) is 43.9 Å². The third-order valence-corrected chi connectivity index (χ3v) is 7.45. The maximum absolute atomic E-state index is 13.2. The van der Waals surface area contributed by atoms with E-state index in [4.69, 9.17) is 0 Å². The highest BCUT2D eigenvalue weighted by atomic mass is 32.2. The maximum Gasteiger partial charge on any atom is 0.254 e. The van der Waals surface area contributed by atoms with Gasteiger partial charge in [0.05, 0.1) is 0 Å². The first-order valence-corrected chi connectivity index (χ1v) is 9.82. The van der Waals surface area contributed by atoms with Crippen LogP contribution in [-0.4, -0.2) is 33.4 Å². The Balaban J connectivity index is 1.67. The normalized spacial score (nSPS) is 34.6. The first-order chi connectivity index (χ1) is 10.8. The fourth-order valence-electron chi connectivity index (χ4n) is 4.61. The van der Waals surface area contributed by atoms with Crippen LogP contribution in [0.2, 0.25) is 0 Å². The molecule has 0 bridgehead atoms. The van der Waals surface area contributed by atoms with Gasteiger partial charge in [-0.15, -0.1) is 0 Å². The van der Waals surface area contributed by atoms with Crippen LogP contribution in [0.15, 0.2) is 30.3 Å². The molecule has 1 amide bonds. The third kappa shape index (κ3) is 2.58. The second-order valence-corrected chi connectivity index (χ2v) is 8.48. The summed E-state index contributed by atoms with van der Waals surface area (Å²) in [7, 11) is 0. The average molecular weight is 315 g/mol. The van der Waals surface area contributed by atoms with E-state index in [1.165, 1.54) is 51.4 Å². The topological polar surface area (TPSA) is 20.3 Å². The Bertz CT molecular complexity index is 509. The Hall–Kier alpha value is -0.960. The lowest BCUT2D eigenvalue weighted by atomic mass is 9.86. The molecule has 4 atom stereocenters. The summed E-state index contributed by atoms with van der Waals surface area (Å²) in [6.07, 6.45) is 10.3. The van der Waals surface area contributed by atoms with Crippen LogP contribution in [0.25, 0.3) is 0 Å². The standard InChI is InChI=1S/C19H25NOS/c21-19(14-8-2-1-3-9-14)20-15-10-4-6-12-17(15)22-18-13-7-5-11-16(18)20/h1-3,8-9,15-18H,4-7,10-13H2/t15-,16-,17-,18-/m0/s1. The van der Waals surface area contributed by atoms with Gasteiger partial charge in [-0.2, -0.15) is 11.8 Å². The van der Waals surface area contributed by atoms with Gasteiger partial charge in [-0.05, 0) is 37.8 Å². The number of hydrogen-bond donors (Lipinski definition) is 0. The lowest BCUT2D eigenvalue weighted by molar-refractivity contribution is 0.0437. The minimum atomic E-state index is 0.287. The number of nitrogens with zero attached hydrogens (tertiary/aromatic N) is 1. The van der Waals surface area contributed by atoms with Crippen molar-refractivity contribution in [3.63, 3.8) is 0 Å². The van der Waals surface area contributed by atoms with Crippen molar-refractivity contribution >= 4 is 17.7 Å². The van der Waals surface area contributed by atoms with Crippen molar-refractivity contribution in [1.29, 1.82) is 0 Å². The molecular weight excluding hydrogens is 290 g/mol. The largest absolute Gasteiger partial charge is 0.330 e. The fraction of sp³-hybridized carbons (Fsp3) is 0.632. The molecule has 3 heteroatoms. The van der Waals surface area contributed by atoms with Crippen LogP contribution in [0.4, 0.5) is 0 Å². The van der Waals surface area contributed by atoms with Gasteiger partial charge in [0.15, 0.2) is 0 Å². The van der Waals surface area contributed by atoms with Crippen molar-refractivity contribution in [3.05, 3.63) is 35.9 Å². The average Bonchev–Trinajstić information content (AvgIpc) is 2.60. The van der Waals surface area contributed by atoms with Gasteiger partial charge in [0, 0.05) is 28.1 Å². The molecule has 1 aliphatic heterocycles. The van der Waals surface area contributed by atoms with Crippen LogP contribution in [0.5, 0.6) is 0 Å². The number of hydrogen-bond acceptors (Lipinski definition) is 2. The zero-order chi connectivity index (χ0) is 14.9. The summed E-state index contributed by atoms with van der Waals surface area (Å²) in [6.45, 7) is 0. The van der Waals surface area contributed by atoms with Crippen LogP contribution in [0, 0.1) is 0 Å². The van der Waals surface area contributed by atoms with Gasteiger partial charge in [0.25, 0.3) is 5.91 Å². The monoisotopic (exact) mass is 315 g/mol. The first kappa shape index (κ1) is 14.6. The quantitative estimate of drug-likeness (QED) is 0.760. The molecule has 3 fully saturated rings. The van der Waals surface area contributed by atoms with Crippen molar-refractivity contribution in [2.75, 3.05) is 0 Å². The van der Waals surface area contributed by atoms with E-state index in [1.807, 2.05) is 30.3 Å². The van der Waals surface area contributed by atoms with Gasteiger partial charge in [0.1, 0.15) is 0 Å². The molecule has 1 saturated heterocycles. The Morgan fingerprint density at radius 2 is 1.41 bits per heavy atom. The van der Waals surface area contributed by atoms with E-state index in [0.29, 0.717) is 22.6 Å². The predicted molar refractivity (Wildman–Crippen MR) is 92.3 cm³/mol. The van der Waals surface area contributed by atoms with Crippen LogP contribution < -0.4 is 0 Å². The van der Waals surface area contributed by atoms with Crippen LogP contribution in [-0.2, 0) is 0 Å². The van der Waals surface area contributed by atoms with Crippen LogP contribution in [0.1, 0.15) is 61.7 Å². The zero-order valence-corrected chi connectivity index (χ0v) is 13.9. The maximum atomic E-state index is 13.2. The molecule has 2 aliphatic carbocycles. The number of benzene rings is 1. The van der Waals surface area contributed by atoms with Gasteiger partial charge in [-0.25, -0.2) is 0 Å². The molecule has 22 heavy (non-hydrogen) atoms. The number of thioether (sulfide) groups is 1. The number of rotatable bonds is 1. The summed E-state index contributed by atoms with van der Waals surface area (Å²) < 4.78 is 0. The molecule has 0 aromatic heterocycles. The van der Waals surface area contributed by atoms with Crippen molar-refractivity contribution in [1.82, 2.24) is 4.90 Å². The lowest BCUT2D eigenvalue weighted by Crippen LogP contribution is -2.60. The van der Waals surface area contributed by atoms with Crippen molar-refractivity contribution in [2.24, 2.45) is 0 Å². The van der Waals surface area contributed by atoms with E-state index in [0.717, 1.165) is 5.56 Å². The van der Waals surface area contributed by atoms with Crippen LogP contribution in [0.3, 0.4) is 0 Å². The summed E-state index contributed by atoms with van der Waals surface area (Å²) in [5, 5.41) is 1.36. The van der Waals surface area contributed by atoms with E-state index in [2.05, 4.69) is 16.7 Å². The molecule has 1 aromatic carbocycles. The Kier molecular flexibility index (Phi) is 4.17. The molecule has 2 nitrogen and oxygen atoms in total. The van der Waals surface area contributed by atoms with E-state index in [9.17, 15) is 4.79 Å². The summed E-state index contributed by atoms with van der Waals surface area (Å²) in [4.78, 5) is 15.6. The Morgan fingerprint density at radius 3 is 2.00 bits per heavy atom. The molecule has 1 heterocycles. The SMILES string of the molecule is O=C(c1ccccc1)N1[C@H]2CCCC[C@@H]2S[C@H]2CCCC[C@@H]21. The third-order valence-electron chi connectivity index (χ3n) is 5.65. The minimum Gasteiger partial charge on any atom is -0.330 e. The predicted octanol–water partition coefficient (Wildman–Crippen LogP) is 4.50. The molecule has 2 saturated carbocycles. The highest BCUT2D eigenvalue weighted by Gasteiger charge is 2.46. The van der Waals surface area contributed by atoms with E-state index in [-0.39, 0.29) is 5.91 Å². The lowest BCUT2D eigenvalue weighted by Gasteiger charge is -2.53. The molecule has 4 rings (SSSR count). The van der Waals surface area contributed by atoms with Gasteiger partial charge < -0.3 is 4.90 Å². The molecule has 0 unspecified atom stereocenters. The Labute approximate surface area is 137 Å². The van der Waals surface area contributed by atoms with E-state index in [1.54, 1.807) is 0 Å². The number of carbonyl (C=O) groups is 1. The molecule has 0 N–H and O–H groups in total. The summed E-state index contributed by atoms with van der Waals surface area (Å²) >= 11 is 2.22. The number of fused-ring (bicyclic) bond motifs is 2. The van der Waals surface area contributed by atoms with Crippen molar-refractivity contribution < 1.29 is 4.79 Å².